The van der Waals surface area contributed by atoms with Gasteiger partial charge in [0.1, 0.15) is 0 Å². The number of carbonyl (C=O) groups is 2. The van der Waals surface area contributed by atoms with Gasteiger partial charge in [0.25, 0.3) is 10.9 Å². The van der Waals surface area contributed by atoms with Gasteiger partial charge in [0.15, 0.2) is 0 Å². The first-order valence-electron chi connectivity index (χ1n) is 5.85. The molecule has 22 heavy (non-hydrogen) atoms. The first kappa shape index (κ1) is 17.1. The van der Waals surface area contributed by atoms with E-state index in [1.165, 1.54) is 24.3 Å². The topological polar surface area (TPSA) is 124 Å². The van der Waals surface area contributed by atoms with Gasteiger partial charge in [-0.05, 0) is 29.8 Å². The van der Waals surface area contributed by atoms with E-state index in [0.717, 1.165) is 6.07 Å². The maximum Gasteiger partial charge on any atom is 0.337 e. The number of carboxylic acid groups (broad SMARTS) is 1. The van der Waals surface area contributed by atoms with Crippen LogP contribution in [0.25, 0.3) is 0 Å². The van der Waals surface area contributed by atoms with Gasteiger partial charge in [-0.15, -0.1) is 0 Å². The number of halogens is 1. The molecule has 0 aliphatic carbocycles. The highest BCUT2D eigenvalue weighted by Gasteiger charge is 2.08. The molecule has 7 nitrogen and oxygen atoms in total. The number of carbonyl (C=O) groups excluding carboxylic acids is 1. The molecule has 8 heteroatoms. The Kier molecular flexibility index (Phi) is 6.03. The quantitative estimate of drug-likeness (QED) is 0.387. The molecule has 0 aliphatic heterocycles. The number of hydrogen-bond donors (Lipinski definition) is 2. The molecule has 0 fully saturated rings. The first-order chi connectivity index (χ1) is 10.3. The summed E-state index contributed by atoms with van der Waals surface area (Å²) in [7, 11) is 0. The van der Waals surface area contributed by atoms with Crippen LogP contribution in [0.5, 0.6) is 0 Å². The van der Waals surface area contributed by atoms with Gasteiger partial charge >= 0.3 is 5.97 Å². The zero-order valence-electron chi connectivity index (χ0n) is 11.1. The van der Waals surface area contributed by atoms with Crippen molar-refractivity contribution in [3.63, 3.8) is 0 Å². The Bertz CT molecular complexity index is 689. The zero-order valence-corrected chi connectivity index (χ0v) is 11.9. The van der Waals surface area contributed by atoms with Crippen molar-refractivity contribution in [1.29, 1.82) is 0 Å². The Balaban J connectivity index is 0.000000224. The summed E-state index contributed by atoms with van der Waals surface area (Å²) in [4.78, 5) is 30.6. The summed E-state index contributed by atoms with van der Waals surface area (Å²) in [6.07, 6.45) is 0. The number of para-hydroxylation sites is 1. The van der Waals surface area contributed by atoms with Gasteiger partial charge < -0.3 is 10.8 Å². The molecule has 0 saturated carbocycles. The van der Waals surface area contributed by atoms with Crippen LogP contribution in [-0.2, 0) is 0 Å². The fourth-order valence-electron chi connectivity index (χ4n) is 1.43. The molecule has 2 aromatic carbocycles. The molecule has 114 valence electrons. The highest BCUT2D eigenvalue weighted by atomic mass is 35.5. The van der Waals surface area contributed by atoms with Crippen LogP contribution in [0.2, 0.25) is 0 Å². The first-order valence-corrected chi connectivity index (χ1v) is 6.22. The lowest BCUT2D eigenvalue weighted by molar-refractivity contribution is -0.384. The van der Waals surface area contributed by atoms with Crippen LogP contribution in [0, 0.1) is 10.1 Å². The summed E-state index contributed by atoms with van der Waals surface area (Å²) in [5.41, 5.74) is 5.79. The monoisotopic (exact) mass is 322 g/mol. The normalized spacial score (nSPS) is 9.32. The van der Waals surface area contributed by atoms with Crippen molar-refractivity contribution >= 4 is 34.2 Å². The Morgan fingerprint density at radius 2 is 1.77 bits per heavy atom. The number of carboxylic acids is 1. The Morgan fingerprint density at radius 3 is 2.23 bits per heavy atom. The van der Waals surface area contributed by atoms with E-state index in [-0.39, 0.29) is 16.8 Å². The van der Waals surface area contributed by atoms with E-state index in [2.05, 4.69) is 0 Å². The van der Waals surface area contributed by atoms with Gasteiger partial charge in [-0.25, -0.2) is 4.79 Å². The Hall–Kier alpha value is -2.93. The van der Waals surface area contributed by atoms with E-state index in [9.17, 15) is 19.7 Å². The molecule has 0 unspecified atom stereocenters. The molecule has 2 aromatic rings. The molecule has 3 N–H and O–H groups in total. The van der Waals surface area contributed by atoms with E-state index >= 15 is 0 Å². The second-order valence-electron chi connectivity index (χ2n) is 3.97. The van der Waals surface area contributed by atoms with Crippen LogP contribution in [0.3, 0.4) is 0 Å². The average molecular weight is 323 g/mol. The second-order valence-corrected chi connectivity index (χ2v) is 4.32. The van der Waals surface area contributed by atoms with Crippen LogP contribution < -0.4 is 5.73 Å². The maximum atomic E-state index is 10.6. The van der Waals surface area contributed by atoms with Gasteiger partial charge in [-0.1, -0.05) is 18.2 Å². The van der Waals surface area contributed by atoms with Crippen molar-refractivity contribution in [2.45, 2.75) is 0 Å². The lowest BCUT2D eigenvalue weighted by Gasteiger charge is -1.96. The number of non-ortho nitro benzene ring substituents is 1. The second kappa shape index (κ2) is 7.75. The predicted molar refractivity (Wildman–Crippen MR) is 81.1 cm³/mol. The molecule has 2 rings (SSSR count). The van der Waals surface area contributed by atoms with E-state index < -0.39 is 16.1 Å². The third-order valence-corrected chi connectivity index (χ3v) is 2.69. The smallest absolute Gasteiger partial charge is 0.337 e. The van der Waals surface area contributed by atoms with Gasteiger partial charge in [-0.2, -0.15) is 0 Å². The molecule has 0 radical (unpaired) electrons. The van der Waals surface area contributed by atoms with E-state index in [1.807, 2.05) is 0 Å². The van der Waals surface area contributed by atoms with Gasteiger partial charge in [0, 0.05) is 23.4 Å². The lowest BCUT2D eigenvalue weighted by atomic mass is 10.2. The lowest BCUT2D eigenvalue weighted by Crippen LogP contribution is -2.00. The van der Waals surface area contributed by atoms with E-state index in [1.54, 1.807) is 18.2 Å². The molecular formula is C14H11ClN2O5. The van der Waals surface area contributed by atoms with Crippen LogP contribution in [0.15, 0.2) is 48.5 Å². The highest BCUT2D eigenvalue weighted by molar-refractivity contribution is 6.67. The summed E-state index contributed by atoms with van der Waals surface area (Å²) in [6.45, 7) is 0. The summed E-state index contributed by atoms with van der Waals surface area (Å²) >= 11 is 5.12. The van der Waals surface area contributed by atoms with E-state index in [0.29, 0.717) is 5.69 Å². The molecule has 0 bridgehead atoms. The molecule has 0 atom stereocenters. The highest BCUT2D eigenvalue weighted by Crippen LogP contribution is 2.14. The molecule has 0 saturated heterocycles. The number of rotatable bonds is 3. The molecular weight excluding hydrogens is 312 g/mol. The molecule has 0 heterocycles. The Morgan fingerprint density at radius 1 is 1.14 bits per heavy atom. The summed E-state index contributed by atoms with van der Waals surface area (Å²) in [6, 6.07) is 11.6. The molecule has 0 amide bonds. The number of benzene rings is 2. The Labute approximate surface area is 130 Å². The third-order valence-electron chi connectivity index (χ3n) is 2.48. The summed E-state index contributed by atoms with van der Waals surface area (Å²) in [5.74, 6) is -0.988. The molecule has 0 aromatic heterocycles. The fourth-order valence-corrected chi connectivity index (χ4v) is 1.55. The number of nitro groups is 1. The van der Waals surface area contributed by atoms with Crippen molar-refractivity contribution in [1.82, 2.24) is 0 Å². The minimum Gasteiger partial charge on any atom is -0.478 e. The standard InChI is InChI=1S/C7H4ClNO3.C7H7NO2/c8-7(10)5-2-1-3-6(4-5)9(11)12;8-6-4-2-1-3-5(6)7(9)10/h1-4H;1-4H,8H2,(H,9,10). The van der Waals surface area contributed by atoms with Crippen molar-refractivity contribution in [2.24, 2.45) is 0 Å². The summed E-state index contributed by atoms with van der Waals surface area (Å²) < 4.78 is 0. The molecule has 0 aliphatic rings. The fraction of sp³-hybridized carbons (Fsp3) is 0. The van der Waals surface area contributed by atoms with Crippen LogP contribution in [0.1, 0.15) is 20.7 Å². The third kappa shape index (κ3) is 4.88. The van der Waals surface area contributed by atoms with Crippen LogP contribution >= 0.6 is 11.6 Å². The SMILES string of the molecule is Nc1ccccc1C(=O)O.O=C(Cl)c1cccc([N+](=O)[O-])c1. The minimum atomic E-state index is -0.988. The largest absolute Gasteiger partial charge is 0.478 e. The maximum absolute atomic E-state index is 10.6. The number of nitro benzene ring substituents is 1. The van der Waals surface area contributed by atoms with Crippen molar-refractivity contribution in [2.75, 3.05) is 5.73 Å². The average Bonchev–Trinajstić information content (AvgIpc) is 2.48. The number of anilines is 1. The van der Waals surface area contributed by atoms with Crippen molar-refractivity contribution < 1.29 is 19.6 Å². The molecule has 0 spiro atoms. The zero-order chi connectivity index (χ0) is 16.7. The van der Waals surface area contributed by atoms with Crippen LogP contribution in [-0.4, -0.2) is 21.2 Å². The number of hydrogen-bond acceptors (Lipinski definition) is 5. The van der Waals surface area contributed by atoms with Gasteiger partial charge in [-0.3, -0.25) is 14.9 Å². The summed E-state index contributed by atoms with van der Waals surface area (Å²) in [5, 5.41) is 18.0. The number of nitrogens with two attached hydrogens (primary N) is 1. The van der Waals surface area contributed by atoms with Gasteiger partial charge in [0.2, 0.25) is 0 Å². The van der Waals surface area contributed by atoms with E-state index in [4.69, 9.17) is 22.4 Å². The van der Waals surface area contributed by atoms with Crippen LogP contribution in [0.4, 0.5) is 11.4 Å². The van der Waals surface area contributed by atoms with Crippen molar-refractivity contribution in [3.05, 3.63) is 69.8 Å². The predicted octanol–water partition coefficient (Wildman–Crippen LogP) is 2.94. The minimum absolute atomic E-state index is 0.130. The van der Waals surface area contributed by atoms with Gasteiger partial charge in [0.05, 0.1) is 10.5 Å². The number of aromatic carboxylic acids is 1. The number of nitrogen functional groups attached to an aromatic ring is 1. The van der Waals surface area contributed by atoms with Crippen molar-refractivity contribution in [3.8, 4) is 0 Å². The number of nitrogens with zero attached hydrogens (tertiary/aromatic N) is 1.